The maximum absolute atomic E-state index is 10.3. The van der Waals surface area contributed by atoms with Gasteiger partial charge < -0.3 is 5.11 Å². The summed E-state index contributed by atoms with van der Waals surface area (Å²) in [6.07, 6.45) is 2.90. The molecule has 122 valence electrons. The summed E-state index contributed by atoms with van der Waals surface area (Å²) in [7, 11) is 0. The summed E-state index contributed by atoms with van der Waals surface area (Å²) >= 11 is 0. The van der Waals surface area contributed by atoms with E-state index < -0.39 is 0 Å². The van der Waals surface area contributed by atoms with Gasteiger partial charge in [-0.05, 0) is 39.0 Å². The molecule has 1 rings (SSSR count). The van der Waals surface area contributed by atoms with Crippen molar-refractivity contribution in [2.45, 2.75) is 60.8 Å². The molecule has 0 atom stereocenters. The Labute approximate surface area is 134 Å². The van der Waals surface area contributed by atoms with Crippen LogP contribution in [-0.2, 0) is 6.42 Å². The van der Waals surface area contributed by atoms with Gasteiger partial charge in [-0.15, -0.1) is 0 Å². The smallest absolute Gasteiger partial charge is 0.234 e. The molecule has 4 nitrogen and oxygen atoms in total. The van der Waals surface area contributed by atoms with E-state index in [2.05, 4.69) is 43.9 Å². The molecule has 4 heteroatoms. The molecule has 0 amide bonds. The van der Waals surface area contributed by atoms with Gasteiger partial charge in [-0.1, -0.05) is 40.3 Å². The van der Waals surface area contributed by atoms with Crippen molar-refractivity contribution in [3.05, 3.63) is 35.9 Å². The van der Waals surface area contributed by atoms with E-state index in [4.69, 9.17) is 0 Å². The molecular formula is C18H29N3O. The van der Waals surface area contributed by atoms with Gasteiger partial charge >= 0.3 is 0 Å². The van der Waals surface area contributed by atoms with Crippen molar-refractivity contribution in [2.24, 2.45) is 5.41 Å². The second-order valence-electron chi connectivity index (χ2n) is 6.80. The highest BCUT2D eigenvalue weighted by Gasteiger charge is 2.23. The number of nitrogens with zero attached hydrogens (tertiary/aromatic N) is 3. The summed E-state index contributed by atoms with van der Waals surface area (Å²) in [5.74, 6) is 0.717. The molecule has 0 aliphatic heterocycles. The van der Waals surface area contributed by atoms with Crippen LogP contribution >= 0.6 is 0 Å². The lowest BCUT2D eigenvalue weighted by atomic mass is 9.83. The second-order valence-corrected chi connectivity index (χ2v) is 6.80. The summed E-state index contributed by atoms with van der Waals surface area (Å²) in [6, 6.07) is 0. The number of aromatic hydroxyl groups is 1. The Kier molecular flexibility index (Phi) is 5.75. The molecule has 1 heterocycles. The van der Waals surface area contributed by atoms with E-state index in [0.717, 1.165) is 24.2 Å². The minimum Gasteiger partial charge on any atom is -0.504 e. The Morgan fingerprint density at radius 2 is 1.73 bits per heavy atom. The van der Waals surface area contributed by atoms with E-state index >= 15 is 0 Å². The molecule has 22 heavy (non-hydrogen) atoms. The second kappa shape index (κ2) is 6.95. The molecule has 0 aliphatic carbocycles. The summed E-state index contributed by atoms with van der Waals surface area (Å²) in [5.41, 5.74) is 2.96. The topological polar surface area (TPSA) is 49.2 Å². The van der Waals surface area contributed by atoms with Crippen LogP contribution in [0, 0.1) is 12.3 Å². The summed E-state index contributed by atoms with van der Waals surface area (Å²) < 4.78 is 0. The molecule has 0 fully saturated rings. The number of allylic oxidation sites excluding steroid dienone is 2. The first-order valence-electron chi connectivity index (χ1n) is 7.76. The lowest BCUT2D eigenvalue weighted by molar-refractivity contribution is 0.318. The molecule has 1 N–H and O–H groups in total. The van der Waals surface area contributed by atoms with E-state index in [0.29, 0.717) is 23.8 Å². The third-order valence-corrected chi connectivity index (χ3v) is 3.65. The van der Waals surface area contributed by atoms with Crippen molar-refractivity contribution < 1.29 is 5.11 Å². The van der Waals surface area contributed by atoms with Gasteiger partial charge in [0, 0.05) is 11.4 Å². The predicted octanol–water partition coefficient (Wildman–Crippen LogP) is 4.73. The number of hydrogen-bond donors (Lipinski definition) is 1. The first kappa shape index (κ1) is 18.2. The van der Waals surface area contributed by atoms with E-state index in [-0.39, 0.29) is 11.2 Å². The van der Waals surface area contributed by atoms with Crippen LogP contribution in [0.25, 0.3) is 0 Å². The van der Waals surface area contributed by atoms with Gasteiger partial charge in [0.15, 0.2) is 5.75 Å². The summed E-state index contributed by atoms with van der Waals surface area (Å²) in [5, 5.41) is 10.3. The zero-order valence-corrected chi connectivity index (χ0v) is 14.8. The molecule has 0 aromatic carbocycles. The number of rotatable bonds is 7. The van der Waals surface area contributed by atoms with Crippen molar-refractivity contribution >= 4 is 5.95 Å². The highest BCUT2D eigenvalue weighted by atomic mass is 16.3. The number of aromatic nitrogens is 2. The average Bonchev–Trinajstić information content (AvgIpc) is 2.33. The van der Waals surface area contributed by atoms with Crippen molar-refractivity contribution in [3.63, 3.8) is 0 Å². The monoisotopic (exact) mass is 303 g/mol. The molecule has 0 saturated carbocycles. The van der Waals surface area contributed by atoms with E-state index in [1.54, 1.807) is 6.92 Å². The fourth-order valence-corrected chi connectivity index (χ4v) is 2.72. The standard InChI is InChI=1S/C18H29N3O/c1-9-10-18(7,8)11-15-16(22)14(6)19-17(20-15)21(12(2)3)13(4)5/h22H,2,4,9-11H2,1,3,5-8H3. The van der Waals surface area contributed by atoms with Crippen molar-refractivity contribution in [1.29, 1.82) is 0 Å². The van der Waals surface area contributed by atoms with Gasteiger partial charge in [0.25, 0.3) is 0 Å². The van der Waals surface area contributed by atoms with Crippen molar-refractivity contribution in [2.75, 3.05) is 4.90 Å². The van der Waals surface area contributed by atoms with E-state index in [1.165, 1.54) is 0 Å². The third-order valence-electron chi connectivity index (χ3n) is 3.65. The molecule has 0 spiro atoms. The summed E-state index contributed by atoms with van der Waals surface area (Å²) in [6.45, 7) is 20.1. The lowest BCUT2D eigenvalue weighted by Crippen LogP contribution is -2.22. The average molecular weight is 303 g/mol. The number of anilines is 1. The van der Waals surface area contributed by atoms with Gasteiger partial charge in [-0.3, -0.25) is 4.90 Å². The summed E-state index contributed by atoms with van der Waals surface area (Å²) in [4.78, 5) is 10.8. The minimum absolute atomic E-state index is 0.0849. The van der Waals surface area contributed by atoms with Gasteiger partial charge in [0.05, 0.1) is 11.4 Å². The third kappa shape index (κ3) is 4.33. The lowest BCUT2D eigenvalue weighted by Gasteiger charge is -2.27. The molecule has 1 aromatic rings. The molecule has 0 aliphatic rings. The van der Waals surface area contributed by atoms with Crippen LogP contribution in [0.15, 0.2) is 24.6 Å². The largest absolute Gasteiger partial charge is 0.504 e. The van der Waals surface area contributed by atoms with Crippen LogP contribution < -0.4 is 4.90 Å². The first-order chi connectivity index (χ1) is 10.1. The molecule has 0 radical (unpaired) electrons. The van der Waals surface area contributed by atoms with E-state index in [1.807, 2.05) is 18.7 Å². The maximum atomic E-state index is 10.3. The van der Waals surface area contributed by atoms with Gasteiger partial charge in [0.2, 0.25) is 5.95 Å². The van der Waals surface area contributed by atoms with E-state index in [9.17, 15) is 5.11 Å². The Balaban J connectivity index is 3.30. The molecule has 0 bridgehead atoms. The Bertz CT molecular complexity index is 562. The molecule has 0 saturated heterocycles. The molecule has 0 unspecified atom stereocenters. The maximum Gasteiger partial charge on any atom is 0.234 e. The predicted molar refractivity (Wildman–Crippen MR) is 92.9 cm³/mol. The normalized spacial score (nSPS) is 11.4. The Morgan fingerprint density at radius 3 is 2.18 bits per heavy atom. The Hall–Kier alpha value is -1.84. The highest BCUT2D eigenvalue weighted by molar-refractivity contribution is 5.49. The van der Waals surface area contributed by atoms with Crippen LogP contribution in [0.2, 0.25) is 0 Å². The fourth-order valence-electron chi connectivity index (χ4n) is 2.72. The quantitative estimate of drug-likeness (QED) is 0.791. The van der Waals surface area contributed by atoms with Gasteiger partial charge in [0.1, 0.15) is 0 Å². The zero-order valence-electron chi connectivity index (χ0n) is 14.8. The fraction of sp³-hybridized carbons (Fsp3) is 0.556. The van der Waals surface area contributed by atoms with Crippen LogP contribution in [0.5, 0.6) is 5.75 Å². The van der Waals surface area contributed by atoms with Crippen molar-refractivity contribution in [3.8, 4) is 5.75 Å². The molecular weight excluding hydrogens is 274 g/mol. The van der Waals surface area contributed by atoms with Gasteiger partial charge in [-0.25, -0.2) is 9.97 Å². The van der Waals surface area contributed by atoms with Crippen LogP contribution in [0.4, 0.5) is 5.95 Å². The SMILES string of the molecule is C=C(C)N(C(=C)C)c1nc(C)c(O)c(CC(C)(C)CCC)n1. The van der Waals surface area contributed by atoms with Crippen LogP contribution in [-0.4, -0.2) is 15.1 Å². The first-order valence-corrected chi connectivity index (χ1v) is 7.76. The highest BCUT2D eigenvalue weighted by Crippen LogP contribution is 2.33. The van der Waals surface area contributed by atoms with Crippen molar-refractivity contribution in [1.82, 2.24) is 9.97 Å². The number of aryl methyl sites for hydroxylation is 1. The minimum atomic E-state index is 0.0849. The Morgan fingerprint density at radius 1 is 1.18 bits per heavy atom. The van der Waals surface area contributed by atoms with Gasteiger partial charge in [-0.2, -0.15) is 0 Å². The molecule has 1 aromatic heterocycles. The van der Waals surface area contributed by atoms with Crippen LogP contribution in [0.1, 0.15) is 58.8 Å². The van der Waals surface area contributed by atoms with Crippen LogP contribution in [0.3, 0.4) is 0 Å². The zero-order chi connectivity index (χ0) is 17.1. The number of hydrogen-bond acceptors (Lipinski definition) is 4.